The van der Waals surface area contributed by atoms with Gasteiger partial charge in [0.25, 0.3) is 0 Å². The molecule has 0 N–H and O–H groups in total. The first-order valence-electron chi connectivity index (χ1n) is 4.92. The molecule has 0 bridgehead atoms. The molecule has 0 atom stereocenters. The van der Waals surface area contributed by atoms with Gasteiger partial charge in [0.15, 0.2) is 0 Å². The predicted octanol–water partition coefficient (Wildman–Crippen LogP) is 1.89. The highest BCUT2D eigenvalue weighted by molar-refractivity contribution is 6.03. The molecule has 0 saturated heterocycles. The summed E-state index contributed by atoms with van der Waals surface area (Å²) in [7, 11) is 1.69. The molecule has 1 aromatic heterocycles. The maximum atomic E-state index is 13.3. The quantitative estimate of drug-likeness (QED) is 0.729. The van der Waals surface area contributed by atoms with Gasteiger partial charge in [-0.1, -0.05) is 0 Å². The molecule has 0 amide bonds. The van der Waals surface area contributed by atoms with Gasteiger partial charge in [-0.15, -0.1) is 0 Å². The van der Waals surface area contributed by atoms with Crippen LogP contribution in [0.2, 0.25) is 0 Å². The Balaban J connectivity index is 2.64. The molecule has 0 unspecified atom stereocenters. The minimum absolute atomic E-state index is 0.213. The van der Waals surface area contributed by atoms with Gasteiger partial charge in [-0.2, -0.15) is 5.10 Å². The number of nitrogens with zero attached hydrogens (tertiary/aromatic N) is 2. The smallest absolute Gasteiger partial charge is 0.338 e. The average Bonchev–Trinajstić information content (AvgIpc) is 2.60. The average molecular weight is 222 g/mol. The molecule has 2 rings (SSSR count). The highest BCUT2D eigenvalue weighted by Gasteiger charge is 2.15. The number of aryl methyl sites for hydroxylation is 1. The number of ether oxygens (including phenoxy) is 1. The normalized spacial score (nSPS) is 10.7. The Morgan fingerprint density at radius 1 is 1.56 bits per heavy atom. The standard InChI is InChI=1S/C11H11FN2O2/c1-3-16-11(15)8-4-7(12)5-10-9(8)6-13-14(10)2/h4-6H,3H2,1-2H3. The van der Waals surface area contributed by atoms with Crippen LogP contribution in [0.1, 0.15) is 17.3 Å². The number of hydrogen-bond acceptors (Lipinski definition) is 3. The summed E-state index contributed by atoms with van der Waals surface area (Å²) in [6.45, 7) is 1.97. The summed E-state index contributed by atoms with van der Waals surface area (Å²) in [6.07, 6.45) is 1.53. The summed E-state index contributed by atoms with van der Waals surface area (Å²) < 4.78 is 19.7. The SMILES string of the molecule is CCOC(=O)c1cc(F)cc2c1cnn2C. The third-order valence-corrected chi connectivity index (χ3v) is 2.33. The highest BCUT2D eigenvalue weighted by Crippen LogP contribution is 2.20. The number of benzene rings is 1. The van der Waals surface area contributed by atoms with Gasteiger partial charge in [-0.05, 0) is 19.1 Å². The van der Waals surface area contributed by atoms with Gasteiger partial charge in [0, 0.05) is 12.4 Å². The summed E-state index contributed by atoms with van der Waals surface area (Å²) in [5.41, 5.74) is 0.785. The first-order valence-corrected chi connectivity index (χ1v) is 4.92. The molecule has 2 aromatic rings. The van der Waals surface area contributed by atoms with Crippen molar-refractivity contribution >= 4 is 16.9 Å². The van der Waals surface area contributed by atoms with E-state index in [0.717, 1.165) is 0 Å². The zero-order valence-electron chi connectivity index (χ0n) is 9.03. The molecule has 0 aliphatic carbocycles. The van der Waals surface area contributed by atoms with Gasteiger partial charge in [-0.25, -0.2) is 9.18 Å². The van der Waals surface area contributed by atoms with Crippen LogP contribution in [0.3, 0.4) is 0 Å². The second-order valence-corrected chi connectivity index (χ2v) is 3.37. The van der Waals surface area contributed by atoms with Crippen molar-refractivity contribution in [3.63, 3.8) is 0 Å². The molecule has 5 heteroatoms. The number of rotatable bonds is 2. The third kappa shape index (κ3) is 1.64. The van der Waals surface area contributed by atoms with Crippen LogP contribution in [0.4, 0.5) is 4.39 Å². The molecule has 16 heavy (non-hydrogen) atoms. The molecular weight excluding hydrogens is 211 g/mol. The van der Waals surface area contributed by atoms with E-state index in [0.29, 0.717) is 10.9 Å². The molecule has 0 aliphatic rings. The van der Waals surface area contributed by atoms with Crippen LogP contribution < -0.4 is 0 Å². The molecule has 0 saturated carbocycles. The number of aromatic nitrogens is 2. The number of halogens is 1. The minimum atomic E-state index is -0.528. The summed E-state index contributed by atoms with van der Waals surface area (Å²) in [5.74, 6) is -1.00. The largest absolute Gasteiger partial charge is 0.462 e. The fourth-order valence-corrected chi connectivity index (χ4v) is 1.59. The number of esters is 1. The second-order valence-electron chi connectivity index (χ2n) is 3.37. The molecule has 1 aromatic carbocycles. The van der Waals surface area contributed by atoms with Crippen molar-refractivity contribution in [2.45, 2.75) is 6.92 Å². The topological polar surface area (TPSA) is 44.1 Å². The lowest BCUT2D eigenvalue weighted by Gasteiger charge is -2.03. The first kappa shape index (κ1) is 10.6. The van der Waals surface area contributed by atoms with E-state index in [-0.39, 0.29) is 12.2 Å². The summed E-state index contributed by atoms with van der Waals surface area (Å²) in [4.78, 5) is 11.6. The molecule has 0 fully saturated rings. The van der Waals surface area contributed by atoms with Crippen LogP contribution in [-0.4, -0.2) is 22.4 Å². The van der Waals surface area contributed by atoms with E-state index in [9.17, 15) is 9.18 Å². The van der Waals surface area contributed by atoms with Crippen molar-refractivity contribution < 1.29 is 13.9 Å². The maximum Gasteiger partial charge on any atom is 0.338 e. The summed E-state index contributed by atoms with van der Waals surface area (Å²) in [6, 6.07) is 2.51. The van der Waals surface area contributed by atoms with Gasteiger partial charge in [0.05, 0.1) is 23.9 Å². The van der Waals surface area contributed by atoms with Crippen LogP contribution in [0, 0.1) is 5.82 Å². The predicted molar refractivity (Wildman–Crippen MR) is 56.6 cm³/mol. The van der Waals surface area contributed by atoms with E-state index >= 15 is 0 Å². The molecule has 0 radical (unpaired) electrons. The molecule has 84 valence electrons. The van der Waals surface area contributed by atoms with Gasteiger partial charge >= 0.3 is 5.97 Å². The lowest BCUT2D eigenvalue weighted by Crippen LogP contribution is -2.05. The van der Waals surface area contributed by atoms with Gasteiger partial charge in [-0.3, -0.25) is 4.68 Å². The lowest BCUT2D eigenvalue weighted by atomic mass is 10.1. The van der Waals surface area contributed by atoms with Crippen LogP contribution in [0.15, 0.2) is 18.3 Å². The van der Waals surface area contributed by atoms with E-state index in [1.54, 1.807) is 14.0 Å². The molecule has 0 spiro atoms. The maximum absolute atomic E-state index is 13.3. The Kier molecular flexibility index (Phi) is 2.60. The van der Waals surface area contributed by atoms with Crippen molar-refractivity contribution in [2.75, 3.05) is 6.61 Å². The second kappa shape index (κ2) is 3.92. The number of carbonyl (C=O) groups is 1. The van der Waals surface area contributed by atoms with Crippen molar-refractivity contribution in [3.8, 4) is 0 Å². The van der Waals surface area contributed by atoms with E-state index in [4.69, 9.17) is 4.74 Å². The summed E-state index contributed by atoms with van der Waals surface area (Å²) in [5, 5.41) is 4.58. The van der Waals surface area contributed by atoms with E-state index in [1.807, 2.05) is 0 Å². The fourth-order valence-electron chi connectivity index (χ4n) is 1.59. The van der Waals surface area contributed by atoms with Crippen LogP contribution in [-0.2, 0) is 11.8 Å². The van der Waals surface area contributed by atoms with Crippen LogP contribution in [0.25, 0.3) is 10.9 Å². The Morgan fingerprint density at radius 3 is 3.00 bits per heavy atom. The zero-order chi connectivity index (χ0) is 11.7. The molecular formula is C11H11FN2O2. The lowest BCUT2D eigenvalue weighted by molar-refractivity contribution is 0.0528. The van der Waals surface area contributed by atoms with Crippen molar-refractivity contribution in [2.24, 2.45) is 7.05 Å². The monoisotopic (exact) mass is 222 g/mol. The van der Waals surface area contributed by atoms with E-state index in [2.05, 4.69) is 5.10 Å². The molecule has 4 nitrogen and oxygen atoms in total. The van der Waals surface area contributed by atoms with E-state index in [1.165, 1.54) is 23.0 Å². The Bertz CT molecular complexity index is 548. The number of hydrogen-bond donors (Lipinski definition) is 0. The Labute approximate surface area is 91.6 Å². The molecule has 1 heterocycles. The van der Waals surface area contributed by atoms with Gasteiger partial charge in [0.2, 0.25) is 0 Å². The van der Waals surface area contributed by atoms with Crippen molar-refractivity contribution in [3.05, 3.63) is 29.7 Å². The summed E-state index contributed by atoms with van der Waals surface area (Å²) >= 11 is 0. The molecule has 0 aliphatic heterocycles. The number of carbonyl (C=O) groups excluding carboxylic acids is 1. The van der Waals surface area contributed by atoms with Crippen molar-refractivity contribution in [1.29, 1.82) is 0 Å². The van der Waals surface area contributed by atoms with Crippen molar-refractivity contribution in [1.82, 2.24) is 9.78 Å². The minimum Gasteiger partial charge on any atom is -0.462 e. The Hall–Kier alpha value is -1.91. The highest BCUT2D eigenvalue weighted by atomic mass is 19.1. The first-order chi connectivity index (χ1) is 7.63. The van der Waals surface area contributed by atoms with Gasteiger partial charge < -0.3 is 4.74 Å². The van der Waals surface area contributed by atoms with Crippen LogP contribution in [0.5, 0.6) is 0 Å². The zero-order valence-corrected chi connectivity index (χ0v) is 9.03. The number of fused-ring (bicyclic) bond motifs is 1. The Morgan fingerprint density at radius 2 is 2.31 bits per heavy atom. The van der Waals surface area contributed by atoms with E-state index < -0.39 is 11.8 Å². The van der Waals surface area contributed by atoms with Crippen LogP contribution >= 0.6 is 0 Å². The van der Waals surface area contributed by atoms with Gasteiger partial charge in [0.1, 0.15) is 5.82 Å². The fraction of sp³-hybridized carbons (Fsp3) is 0.273. The third-order valence-electron chi connectivity index (χ3n) is 2.33.